The Bertz CT molecular complexity index is 735. The highest BCUT2D eigenvalue weighted by atomic mass is 32.1. The summed E-state index contributed by atoms with van der Waals surface area (Å²) in [6, 6.07) is 9.26. The first-order valence-electron chi connectivity index (χ1n) is 8.06. The average Bonchev–Trinajstić information content (AvgIpc) is 3.23. The SMILES string of the molecule is NCc1nc(C(=O)NC2CC(=O)N(CCOc3ccccc3)C2)cs1. The summed E-state index contributed by atoms with van der Waals surface area (Å²) in [5.74, 6) is 0.525. The normalized spacial score (nSPS) is 16.9. The Morgan fingerprint density at radius 2 is 2.20 bits per heavy atom. The van der Waals surface area contributed by atoms with Crippen LogP contribution < -0.4 is 15.8 Å². The lowest BCUT2D eigenvalue weighted by Gasteiger charge is -2.17. The van der Waals surface area contributed by atoms with E-state index in [1.807, 2.05) is 30.3 Å². The largest absolute Gasteiger partial charge is 0.492 e. The number of hydrogen-bond acceptors (Lipinski definition) is 6. The van der Waals surface area contributed by atoms with E-state index in [1.165, 1.54) is 11.3 Å². The topological polar surface area (TPSA) is 97.5 Å². The van der Waals surface area contributed by atoms with Gasteiger partial charge in [0, 0.05) is 24.9 Å². The zero-order chi connectivity index (χ0) is 17.6. The van der Waals surface area contributed by atoms with Crippen LogP contribution in [0.1, 0.15) is 21.9 Å². The first-order valence-corrected chi connectivity index (χ1v) is 8.94. The van der Waals surface area contributed by atoms with Gasteiger partial charge in [-0.05, 0) is 12.1 Å². The van der Waals surface area contributed by atoms with Crippen molar-refractivity contribution in [1.29, 1.82) is 0 Å². The van der Waals surface area contributed by atoms with Gasteiger partial charge in [0.15, 0.2) is 0 Å². The highest BCUT2D eigenvalue weighted by Crippen LogP contribution is 2.14. The maximum atomic E-state index is 12.2. The van der Waals surface area contributed by atoms with Crippen molar-refractivity contribution >= 4 is 23.2 Å². The molecule has 1 aromatic carbocycles. The van der Waals surface area contributed by atoms with Crippen molar-refractivity contribution in [2.45, 2.75) is 19.0 Å². The molecule has 1 saturated heterocycles. The van der Waals surface area contributed by atoms with Crippen LogP contribution in [0.2, 0.25) is 0 Å². The molecule has 1 aromatic heterocycles. The first-order chi connectivity index (χ1) is 12.2. The molecular formula is C17H20N4O3S. The van der Waals surface area contributed by atoms with Crippen molar-refractivity contribution < 1.29 is 14.3 Å². The van der Waals surface area contributed by atoms with Crippen molar-refractivity contribution in [2.75, 3.05) is 19.7 Å². The lowest BCUT2D eigenvalue weighted by Crippen LogP contribution is -2.38. The fourth-order valence-electron chi connectivity index (χ4n) is 2.64. The number of carbonyl (C=O) groups is 2. The van der Waals surface area contributed by atoms with E-state index in [1.54, 1.807) is 10.3 Å². The minimum atomic E-state index is -0.267. The molecule has 25 heavy (non-hydrogen) atoms. The number of aromatic nitrogens is 1. The molecule has 1 unspecified atom stereocenters. The lowest BCUT2D eigenvalue weighted by atomic mass is 10.2. The van der Waals surface area contributed by atoms with E-state index in [4.69, 9.17) is 10.5 Å². The van der Waals surface area contributed by atoms with Gasteiger partial charge in [0.1, 0.15) is 23.1 Å². The van der Waals surface area contributed by atoms with Gasteiger partial charge >= 0.3 is 0 Å². The number of carbonyl (C=O) groups excluding carboxylic acids is 2. The predicted molar refractivity (Wildman–Crippen MR) is 94.4 cm³/mol. The molecule has 0 bridgehead atoms. The number of rotatable bonds is 7. The van der Waals surface area contributed by atoms with Crippen LogP contribution in [0, 0.1) is 0 Å². The molecule has 132 valence electrons. The molecular weight excluding hydrogens is 340 g/mol. The summed E-state index contributed by atoms with van der Waals surface area (Å²) in [5, 5.41) is 5.26. The first kappa shape index (κ1) is 17.4. The van der Waals surface area contributed by atoms with E-state index < -0.39 is 0 Å². The fourth-order valence-corrected chi connectivity index (χ4v) is 3.30. The number of ether oxygens (including phenoxy) is 1. The highest BCUT2D eigenvalue weighted by molar-refractivity contribution is 7.09. The smallest absolute Gasteiger partial charge is 0.271 e. The maximum absolute atomic E-state index is 12.2. The molecule has 1 atom stereocenters. The van der Waals surface area contributed by atoms with Crippen LogP contribution in [0.15, 0.2) is 35.7 Å². The molecule has 8 heteroatoms. The van der Waals surface area contributed by atoms with Gasteiger partial charge in [-0.3, -0.25) is 9.59 Å². The van der Waals surface area contributed by atoms with Gasteiger partial charge in [0.25, 0.3) is 5.91 Å². The molecule has 7 nitrogen and oxygen atoms in total. The zero-order valence-electron chi connectivity index (χ0n) is 13.7. The second-order valence-electron chi connectivity index (χ2n) is 5.71. The summed E-state index contributed by atoms with van der Waals surface area (Å²) < 4.78 is 5.62. The molecule has 0 aliphatic carbocycles. The van der Waals surface area contributed by atoms with E-state index in [-0.39, 0.29) is 17.9 Å². The maximum Gasteiger partial charge on any atom is 0.271 e. The minimum absolute atomic E-state index is 0.0166. The monoisotopic (exact) mass is 360 g/mol. The number of para-hydroxylation sites is 1. The van der Waals surface area contributed by atoms with E-state index in [9.17, 15) is 9.59 Å². The molecule has 1 aliphatic heterocycles. The number of thiazole rings is 1. The number of likely N-dealkylation sites (tertiary alicyclic amines) is 1. The molecule has 1 fully saturated rings. The molecule has 0 spiro atoms. The standard InChI is InChI=1S/C17H20N4O3S/c18-9-15-20-14(11-25-15)17(23)19-12-8-16(22)21(10-12)6-7-24-13-4-2-1-3-5-13/h1-5,11-12H,6-10,18H2,(H,19,23). The van der Waals surface area contributed by atoms with Crippen molar-refractivity contribution in [3.8, 4) is 5.75 Å². The number of amides is 2. The molecule has 2 aromatic rings. The van der Waals surface area contributed by atoms with Crippen LogP contribution in [0.4, 0.5) is 0 Å². The number of nitrogens with two attached hydrogens (primary N) is 1. The summed E-state index contributed by atoms with van der Waals surface area (Å²) in [6.07, 6.45) is 0.297. The lowest BCUT2D eigenvalue weighted by molar-refractivity contribution is -0.128. The van der Waals surface area contributed by atoms with Crippen molar-refractivity contribution in [2.24, 2.45) is 5.73 Å². The molecule has 0 saturated carbocycles. The third-order valence-corrected chi connectivity index (χ3v) is 4.75. The summed E-state index contributed by atoms with van der Waals surface area (Å²) in [6.45, 7) is 1.71. The molecule has 2 amide bonds. The second-order valence-corrected chi connectivity index (χ2v) is 6.65. The second kappa shape index (κ2) is 8.09. The van der Waals surface area contributed by atoms with Crippen LogP contribution in [-0.4, -0.2) is 47.4 Å². The Morgan fingerprint density at radius 3 is 2.92 bits per heavy atom. The molecule has 3 N–H and O–H groups in total. The average molecular weight is 360 g/mol. The van der Waals surface area contributed by atoms with E-state index in [2.05, 4.69) is 10.3 Å². The van der Waals surface area contributed by atoms with E-state index in [0.29, 0.717) is 43.4 Å². The Labute approximate surface area is 149 Å². The highest BCUT2D eigenvalue weighted by Gasteiger charge is 2.30. The van der Waals surface area contributed by atoms with Crippen LogP contribution >= 0.6 is 11.3 Å². The third-order valence-electron chi connectivity index (χ3n) is 3.88. The predicted octanol–water partition coefficient (Wildman–Crippen LogP) is 1.01. The van der Waals surface area contributed by atoms with Crippen LogP contribution in [0.3, 0.4) is 0 Å². The number of nitrogens with zero attached hydrogens (tertiary/aromatic N) is 2. The van der Waals surface area contributed by atoms with Crippen LogP contribution in [0.25, 0.3) is 0 Å². The van der Waals surface area contributed by atoms with Crippen molar-refractivity contribution in [1.82, 2.24) is 15.2 Å². The zero-order valence-corrected chi connectivity index (χ0v) is 14.5. The van der Waals surface area contributed by atoms with Gasteiger partial charge in [-0.15, -0.1) is 11.3 Å². The molecule has 2 heterocycles. The molecule has 1 aliphatic rings. The quantitative estimate of drug-likeness (QED) is 0.768. The Hall–Kier alpha value is -2.45. The number of nitrogens with one attached hydrogen (secondary N) is 1. The Balaban J connectivity index is 1.46. The van der Waals surface area contributed by atoms with Crippen molar-refractivity contribution in [3.05, 3.63) is 46.4 Å². The minimum Gasteiger partial charge on any atom is -0.492 e. The summed E-state index contributed by atoms with van der Waals surface area (Å²) in [5.41, 5.74) is 5.86. The Morgan fingerprint density at radius 1 is 1.40 bits per heavy atom. The number of hydrogen-bond donors (Lipinski definition) is 2. The third kappa shape index (κ3) is 4.55. The van der Waals surface area contributed by atoms with Gasteiger partial charge in [0.2, 0.25) is 5.91 Å². The van der Waals surface area contributed by atoms with Crippen LogP contribution in [-0.2, 0) is 11.3 Å². The van der Waals surface area contributed by atoms with Crippen molar-refractivity contribution in [3.63, 3.8) is 0 Å². The summed E-state index contributed by atoms with van der Waals surface area (Å²) >= 11 is 1.36. The van der Waals surface area contributed by atoms with Gasteiger partial charge in [0.05, 0.1) is 12.6 Å². The summed E-state index contributed by atoms with van der Waals surface area (Å²) in [4.78, 5) is 30.1. The van der Waals surface area contributed by atoms with Crippen LogP contribution in [0.5, 0.6) is 5.75 Å². The Kier molecular flexibility index (Phi) is 5.62. The van der Waals surface area contributed by atoms with Gasteiger partial charge in [-0.2, -0.15) is 0 Å². The summed E-state index contributed by atoms with van der Waals surface area (Å²) in [7, 11) is 0. The van der Waals surface area contributed by atoms with Gasteiger partial charge in [-0.25, -0.2) is 4.98 Å². The van der Waals surface area contributed by atoms with E-state index in [0.717, 1.165) is 5.75 Å². The van der Waals surface area contributed by atoms with E-state index >= 15 is 0 Å². The molecule has 3 rings (SSSR count). The van der Waals surface area contributed by atoms with Gasteiger partial charge in [-0.1, -0.05) is 18.2 Å². The van der Waals surface area contributed by atoms with Gasteiger partial charge < -0.3 is 20.7 Å². The fraction of sp³-hybridized carbons (Fsp3) is 0.353. The number of benzene rings is 1. The molecule has 0 radical (unpaired) electrons.